The summed E-state index contributed by atoms with van der Waals surface area (Å²) < 4.78 is 5.53. The predicted octanol–water partition coefficient (Wildman–Crippen LogP) is 2.79. The predicted molar refractivity (Wildman–Crippen MR) is 101 cm³/mol. The first-order valence-corrected chi connectivity index (χ1v) is 9.29. The largest absolute Gasteiger partial charge is 0.439 e. The third-order valence-electron chi connectivity index (χ3n) is 5.07. The topological polar surface area (TPSA) is 44.8 Å². The number of rotatable bonds is 5. The lowest BCUT2D eigenvalue weighted by molar-refractivity contribution is 0.132. The Labute approximate surface area is 154 Å². The summed E-state index contributed by atoms with van der Waals surface area (Å²) in [4.78, 5) is 16.4. The molecule has 2 aromatic rings. The molecule has 0 unspecified atom stereocenters. The van der Waals surface area contributed by atoms with E-state index in [0.29, 0.717) is 13.1 Å². The summed E-state index contributed by atoms with van der Waals surface area (Å²) in [6, 6.07) is 18.5. The van der Waals surface area contributed by atoms with Gasteiger partial charge in [0.15, 0.2) is 0 Å². The van der Waals surface area contributed by atoms with E-state index in [1.807, 2.05) is 30.3 Å². The quantitative estimate of drug-likeness (QED) is 0.900. The number of hydrogen-bond donors (Lipinski definition) is 1. The number of hydrogen-bond acceptors (Lipinski definition) is 4. The number of nitrogens with one attached hydrogen (secondary N) is 1. The second-order valence-corrected chi connectivity index (χ2v) is 7.01. The van der Waals surface area contributed by atoms with E-state index in [4.69, 9.17) is 4.74 Å². The number of benzene rings is 2. The highest BCUT2D eigenvalue weighted by atomic mass is 16.6. The van der Waals surface area contributed by atoms with Crippen molar-refractivity contribution in [3.63, 3.8) is 0 Å². The van der Waals surface area contributed by atoms with Crippen LogP contribution in [-0.4, -0.2) is 48.6 Å². The molecular weight excluding hydrogens is 326 g/mol. The van der Waals surface area contributed by atoms with Gasteiger partial charge in [-0.3, -0.25) is 9.80 Å². The Morgan fingerprint density at radius 2 is 1.58 bits per heavy atom. The van der Waals surface area contributed by atoms with Gasteiger partial charge in [0.25, 0.3) is 0 Å². The number of amides is 1. The highest BCUT2D eigenvalue weighted by Gasteiger charge is 2.32. The van der Waals surface area contributed by atoms with Crippen molar-refractivity contribution in [2.45, 2.75) is 19.2 Å². The van der Waals surface area contributed by atoms with Crippen LogP contribution in [0.15, 0.2) is 54.6 Å². The number of carbonyl (C=O) groups is 1. The van der Waals surface area contributed by atoms with Gasteiger partial charge in [0.1, 0.15) is 6.10 Å². The van der Waals surface area contributed by atoms with Crippen molar-refractivity contribution in [1.29, 1.82) is 0 Å². The van der Waals surface area contributed by atoms with Crippen LogP contribution in [0.25, 0.3) is 0 Å². The monoisotopic (exact) mass is 351 g/mol. The maximum atomic E-state index is 12.2. The molecule has 136 valence electrons. The molecule has 4 rings (SSSR count). The maximum Gasteiger partial charge on any atom is 0.410 e. The first kappa shape index (κ1) is 17.1. The summed E-state index contributed by atoms with van der Waals surface area (Å²) in [6.07, 6.45) is -0.403. The minimum Gasteiger partial charge on any atom is -0.439 e. The second-order valence-electron chi connectivity index (χ2n) is 7.01. The summed E-state index contributed by atoms with van der Waals surface area (Å²) in [5, 5.41) is 3.38. The normalized spacial score (nSPS) is 21.0. The molecule has 2 aliphatic heterocycles. The molecule has 26 heavy (non-hydrogen) atoms. The zero-order valence-electron chi connectivity index (χ0n) is 14.9. The van der Waals surface area contributed by atoms with Crippen LogP contribution in [0, 0.1) is 0 Å². The summed E-state index contributed by atoms with van der Waals surface area (Å²) >= 11 is 0. The standard InChI is InChI=1S/C21H25N3O2/c25-21-24(16-20(26-21)19-4-2-1-3-5-19)15-18-8-6-17(7-9-18)14-23-12-10-22-11-13-23/h1-9,20,22H,10-16H2/t20-/m0/s1. The van der Waals surface area contributed by atoms with Crippen molar-refractivity contribution in [3.8, 4) is 0 Å². The fourth-order valence-electron chi connectivity index (χ4n) is 3.58. The summed E-state index contributed by atoms with van der Waals surface area (Å²) in [5.41, 5.74) is 3.51. The molecule has 0 radical (unpaired) electrons. The van der Waals surface area contributed by atoms with E-state index in [9.17, 15) is 4.79 Å². The SMILES string of the molecule is O=C1O[C@H](c2ccccc2)CN1Cc1ccc(CN2CCNCC2)cc1. The molecule has 0 saturated carbocycles. The number of carbonyl (C=O) groups excluding carboxylic acids is 1. The van der Waals surface area contributed by atoms with Crippen LogP contribution >= 0.6 is 0 Å². The van der Waals surface area contributed by atoms with Crippen molar-refractivity contribution >= 4 is 6.09 Å². The van der Waals surface area contributed by atoms with Crippen LogP contribution in [0.2, 0.25) is 0 Å². The Bertz CT molecular complexity index is 727. The molecule has 2 aromatic carbocycles. The van der Waals surface area contributed by atoms with Gasteiger partial charge in [0.05, 0.1) is 6.54 Å². The van der Waals surface area contributed by atoms with E-state index in [1.54, 1.807) is 4.90 Å². The van der Waals surface area contributed by atoms with E-state index >= 15 is 0 Å². The van der Waals surface area contributed by atoms with Gasteiger partial charge < -0.3 is 10.1 Å². The smallest absolute Gasteiger partial charge is 0.410 e. The molecule has 0 aromatic heterocycles. The Balaban J connectivity index is 1.34. The van der Waals surface area contributed by atoms with Gasteiger partial charge in [-0.05, 0) is 16.7 Å². The molecule has 1 N–H and O–H groups in total. The lowest BCUT2D eigenvalue weighted by Crippen LogP contribution is -2.42. The van der Waals surface area contributed by atoms with Crippen molar-refractivity contribution in [2.75, 3.05) is 32.7 Å². The highest BCUT2D eigenvalue weighted by molar-refractivity contribution is 5.70. The first-order chi connectivity index (χ1) is 12.8. The average Bonchev–Trinajstić information content (AvgIpc) is 3.05. The molecule has 2 aliphatic rings. The molecule has 5 heteroatoms. The van der Waals surface area contributed by atoms with Gasteiger partial charge in [0.2, 0.25) is 0 Å². The Hall–Kier alpha value is -2.37. The summed E-state index contributed by atoms with van der Waals surface area (Å²) in [5.74, 6) is 0. The van der Waals surface area contributed by atoms with Gasteiger partial charge in [-0.25, -0.2) is 4.79 Å². The molecule has 5 nitrogen and oxygen atoms in total. The zero-order chi connectivity index (χ0) is 17.8. The van der Waals surface area contributed by atoms with Crippen LogP contribution in [0.3, 0.4) is 0 Å². The number of piperazine rings is 1. The Morgan fingerprint density at radius 3 is 2.27 bits per heavy atom. The number of nitrogens with zero attached hydrogens (tertiary/aromatic N) is 2. The fourth-order valence-corrected chi connectivity index (χ4v) is 3.58. The van der Waals surface area contributed by atoms with Gasteiger partial charge in [-0.2, -0.15) is 0 Å². The Kier molecular flexibility index (Phi) is 5.18. The highest BCUT2D eigenvalue weighted by Crippen LogP contribution is 2.27. The van der Waals surface area contributed by atoms with Gasteiger partial charge in [0, 0.05) is 39.3 Å². The first-order valence-electron chi connectivity index (χ1n) is 9.29. The van der Waals surface area contributed by atoms with E-state index < -0.39 is 0 Å². The van der Waals surface area contributed by atoms with Gasteiger partial charge in [-0.1, -0.05) is 54.6 Å². The van der Waals surface area contributed by atoms with E-state index in [0.717, 1.165) is 43.9 Å². The lowest BCUT2D eigenvalue weighted by atomic mass is 10.1. The van der Waals surface area contributed by atoms with E-state index in [-0.39, 0.29) is 12.2 Å². The van der Waals surface area contributed by atoms with Crippen LogP contribution in [0.1, 0.15) is 22.8 Å². The summed E-state index contributed by atoms with van der Waals surface area (Å²) in [6.45, 7) is 6.52. The lowest BCUT2D eigenvalue weighted by Gasteiger charge is -2.27. The molecule has 2 fully saturated rings. The van der Waals surface area contributed by atoms with Crippen molar-refractivity contribution < 1.29 is 9.53 Å². The molecular formula is C21H25N3O2. The number of cyclic esters (lactones) is 1. The van der Waals surface area contributed by atoms with Crippen LogP contribution in [0.4, 0.5) is 4.79 Å². The van der Waals surface area contributed by atoms with Gasteiger partial charge in [-0.15, -0.1) is 0 Å². The van der Waals surface area contributed by atoms with Crippen molar-refractivity contribution in [1.82, 2.24) is 15.1 Å². The zero-order valence-corrected chi connectivity index (χ0v) is 14.9. The molecule has 0 spiro atoms. The molecule has 0 bridgehead atoms. The van der Waals surface area contributed by atoms with E-state index in [1.165, 1.54) is 5.56 Å². The van der Waals surface area contributed by atoms with Gasteiger partial charge >= 0.3 is 6.09 Å². The third kappa shape index (κ3) is 4.06. The molecule has 2 saturated heterocycles. The molecule has 1 amide bonds. The molecule has 0 aliphatic carbocycles. The minimum absolute atomic E-state index is 0.171. The molecule has 2 heterocycles. The fraction of sp³-hybridized carbons (Fsp3) is 0.381. The third-order valence-corrected chi connectivity index (χ3v) is 5.07. The van der Waals surface area contributed by atoms with E-state index in [2.05, 4.69) is 34.5 Å². The molecule has 1 atom stereocenters. The average molecular weight is 351 g/mol. The second kappa shape index (κ2) is 7.89. The van der Waals surface area contributed by atoms with Crippen molar-refractivity contribution in [3.05, 3.63) is 71.3 Å². The summed E-state index contributed by atoms with van der Waals surface area (Å²) in [7, 11) is 0. The van der Waals surface area contributed by atoms with Crippen LogP contribution in [-0.2, 0) is 17.8 Å². The Morgan fingerprint density at radius 1 is 0.923 bits per heavy atom. The van der Waals surface area contributed by atoms with Crippen molar-refractivity contribution in [2.24, 2.45) is 0 Å². The minimum atomic E-state index is -0.233. The maximum absolute atomic E-state index is 12.2. The van der Waals surface area contributed by atoms with Crippen LogP contribution < -0.4 is 5.32 Å². The number of ether oxygens (including phenoxy) is 1. The van der Waals surface area contributed by atoms with Crippen LogP contribution in [0.5, 0.6) is 0 Å².